The summed E-state index contributed by atoms with van der Waals surface area (Å²) >= 11 is 0. The number of hydrogen-bond donors (Lipinski definition) is 1. The molecule has 1 fully saturated rings. The fraction of sp³-hybridized carbons (Fsp3) is 0.538. The van der Waals surface area contributed by atoms with Crippen LogP contribution in [0.25, 0.3) is 0 Å². The van der Waals surface area contributed by atoms with Crippen LogP contribution in [0.1, 0.15) is 17.0 Å². The van der Waals surface area contributed by atoms with E-state index in [2.05, 4.69) is 31.0 Å². The van der Waals surface area contributed by atoms with E-state index in [-0.39, 0.29) is 6.04 Å². The van der Waals surface area contributed by atoms with Gasteiger partial charge in [0.05, 0.1) is 7.11 Å². The van der Waals surface area contributed by atoms with Crippen molar-refractivity contribution < 1.29 is 4.74 Å². The van der Waals surface area contributed by atoms with E-state index in [4.69, 9.17) is 10.5 Å². The van der Waals surface area contributed by atoms with Gasteiger partial charge in [-0.25, -0.2) is 0 Å². The predicted molar refractivity (Wildman–Crippen MR) is 65.9 cm³/mol. The summed E-state index contributed by atoms with van der Waals surface area (Å²) in [4.78, 5) is 2.29. The van der Waals surface area contributed by atoms with E-state index in [0.29, 0.717) is 5.92 Å². The third kappa shape index (κ3) is 2.06. The fourth-order valence-electron chi connectivity index (χ4n) is 2.52. The molecule has 1 aromatic rings. The van der Waals surface area contributed by atoms with Gasteiger partial charge in [-0.05, 0) is 31.2 Å². The van der Waals surface area contributed by atoms with Gasteiger partial charge in [0, 0.05) is 25.0 Å². The molecule has 0 radical (unpaired) electrons. The highest BCUT2D eigenvalue weighted by Crippen LogP contribution is 2.29. The topological polar surface area (TPSA) is 38.5 Å². The molecule has 0 bridgehead atoms. The molecule has 2 N–H and O–H groups in total. The number of nitrogens with two attached hydrogens (primary N) is 1. The van der Waals surface area contributed by atoms with Crippen LogP contribution >= 0.6 is 0 Å². The van der Waals surface area contributed by atoms with Crippen molar-refractivity contribution in [1.82, 2.24) is 4.90 Å². The number of likely N-dealkylation sites (N-methyl/N-ethyl adjacent to an activating group) is 1. The Kier molecular flexibility index (Phi) is 3.17. The average molecular weight is 220 g/mol. The van der Waals surface area contributed by atoms with E-state index in [9.17, 15) is 0 Å². The molecule has 1 saturated heterocycles. The molecule has 2 atom stereocenters. The van der Waals surface area contributed by atoms with Gasteiger partial charge in [0.15, 0.2) is 0 Å². The summed E-state index contributed by atoms with van der Waals surface area (Å²) in [7, 11) is 3.83. The van der Waals surface area contributed by atoms with Crippen LogP contribution in [0.3, 0.4) is 0 Å². The van der Waals surface area contributed by atoms with Gasteiger partial charge >= 0.3 is 0 Å². The van der Waals surface area contributed by atoms with Crippen LogP contribution in [0.5, 0.6) is 5.75 Å². The molecule has 1 aliphatic heterocycles. The number of aryl methyl sites for hydroxylation is 1. The zero-order valence-corrected chi connectivity index (χ0v) is 10.2. The molecule has 0 amide bonds. The second-order valence-electron chi connectivity index (χ2n) is 4.72. The van der Waals surface area contributed by atoms with Gasteiger partial charge in [-0.15, -0.1) is 0 Å². The predicted octanol–water partition coefficient (Wildman–Crippen LogP) is 1.36. The maximum Gasteiger partial charge on any atom is 0.121 e. The Bertz CT molecular complexity index is 378. The van der Waals surface area contributed by atoms with Gasteiger partial charge in [-0.3, -0.25) is 0 Å². The minimum atomic E-state index is 0.248. The number of hydrogen-bond acceptors (Lipinski definition) is 3. The molecular formula is C13H20N2O. The molecule has 0 spiro atoms. The minimum absolute atomic E-state index is 0.248. The van der Waals surface area contributed by atoms with E-state index in [1.807, 2.05) is 6.07 Å². The lowest BCUT2D eigenvalue weighted by atomic mass is 9.93. The number of nitrogens with zero attached hydrogens (tertiary/aromatic N) is 1. The van der Waals surface area contributed by atoms with Crippen molar-refractivity contribution in [3.63, 3.8) is 0 Å². The van der Waals surface area contributed by atoms with Gasteiger partial charge in [-0.2, -0.15) is 0 Å². The Labute approximate surface area is 97.2 Å². The number of methoxy groups -OCH3 is 1. The van der Waals surface area contributed by atoms with Crippen LogP contribution in [-0.2, 0) is 0 Å². The Morgan fingerprint density at radius 3 is 2.62 bits per heavy atom. The van der Waals surface area contributed by atoms with E-state index in [0.717, 1.165) is 18.8 Å². The van der Waals surface area contributed by atoms with Crippen LogP contribution in [0, 0.1) is 6.92 Å². The maximum absolute atomic E-state index is 6.15. The summed E-state index contributed by atoms with van der Waals surface area (Å²) < 4.78 is 5.27. The molecule has 0 aromatic heterocycles. The first-order valence-electron chi connectivity index (χ1n) is 5.70. The minimum Gasteiger partial charge on any atom is -0.496 e. The van der Waals surface area contributed by atoms with Gasteiger partial charge in [0.25, 0.3) is 0 Å². The lowest BCUT2D eigenvalue weighted by Crippen LogP contribution is -2.27. The average Bonchev–Trinajstić information content (AvgIpc) is 2.58. The van der Waals surface area contributed by atoms with E-state index in [1.165, 1.54) is 11.1 Å². The van der Waals surface area contributed by atoms with Crippen molar-refractivity contribution >= 4 is 0 Å². The molecule has 2 rings (SSSR count). The first kappa shape index (κ1) is 11.4. The van der Waals surface area contributed by atoms with Gasteiger partial charge in [0.1, 0.15) is 5.75 Å². The zero-order chi connectivity index (χ0) is 11.7. The number of ether oxygens (including phenoxy) is 1. The Balaban J connectivity index is 2.24. The molecule has 16 heavy (non-hydrogen) atoms. The third-order valence-electron chi connectivity index (χ3n) is 3.39. The van der Waals surface area contributed by atoms with Gasteiger partial charge < -0.3 is 15.4 Å². The van der Waals surface area contributed by atoms with Crippen molar-refractivity contribution in [1.29, 1.82) is 0 Å². The van der Waals surface area contributed by atoms with Crippen molar-refractivity contribution in [2.75, 3.05) is 27.2 Å². The quantitative estimate of drug-likeness (QED) is 0.818. The van der Waals surface area contributed by atoms with Crippen LogP contribution < -0.4 is 10.5 Å². The van der Waals surface area contributed by atoms with E-state index in [1.54, 1.807) is 7.11 Å². The number of likely N-dealkylation sites (tertiary alicyclic amines) is 1. The van der Waals surface area contributed by atoms with E-state index < -0.39 is 0 Å². The standard InChI is InChI=1S/C13H20N2O/c1-9-6-10(4-5-13(9)16-3)11-7-15(2)8-12(11)14/h4-6,11-12H,7-8,14H2,1-3H3. The van der Waals surface area contributed by atoms with Crippen molar-refractivity contribution in [3.8, 4) is 5.75 Å². The number of benzene rings is 1. The molecule has 1 aliphatic rings. The second-order valence-corrected chi connectivity index (χ2v) is 4.72. The highest BCUT2D eigenvalue weighted by Gasteiger charge is 2.29. The molecule has 88 valence electrons. The lowest BCUT2D eigenvalue weighted by molar-refractivity contribution is 0.406. The van der Waals surface area contributed by atoms with Crippen LogP contribution in [-0.4, -0.2) is 38.2 Å². The lowest BCUT2D eigenvalue weighted by Gasteiger charge is -2.16. The summed E-state index contributed by atoms with van der Waals surface area (Å²) in [6.07, 6.45) is 0. The molecule has 1 aromatic carbocycles. The van der Waals surface area contributed by atoms with Crippen molar-refractivity contribution in [3.05, 3.63) is 29.3 Å². The smallest absolute Gasteiger partial charge is 0.121 e. The second kappa shape index (κ2) is 4.44. The highest BCUT2D eigenvalue weighted by molar-refractivity contribution is 5.38. The molecule has 3 heteroatoms. The summed E-state index contributed by atoms with van der Waals surface area (Å²) in [6, 6.07) is 6.62. The molecule has 3 nitrogen and oxygen atoms in total. The van der Waals surface area contributed by atoms with E-state index >= 15 is 0 Å². The fourth-order valence-corrected chi connectivity index (χ4v) is 2.52. The Morgan fingerprint density at radius 1 is 1.38 bits per heavy atom. The normalized spacial score (nSPS) is 26.0. The summed E-state index contributed by atoms with van der Waals surface area (Å²) in [5.74, 6) is 1.40. The molecule has 1 heterocycles. The Morgan fingerprint density at radius 2 is 2.12 bits per heavy atom. The van der Waals surface area contributed by atoms with Gasteiger partial charge in [-0.1, -0.05) is 12.1 Å². The first-order chi connectivity index (χ1) is 7.61. The zero-order valence-electron chi connectivity index (χ0n) is 10.2. The van der Waals surface area contributed by atoms with Crippen LogP contribution in [0.15, 0.2) is 18.2 Å². The first-order valence-corrected chi connectivity index (χ1v) is 5.70. The maximum atomic E-state index is 6.15. The molecule has 0 saturated carbocycles. The number of rotatable bonds is 2. The molecular weight excluding hydrogens is 200 g/mol. The molecule has 0 aliphatic carbocycles. The summed E-state index contributed by atoms with van der Waals surface area (Å²) in [5, 5.41) is 0. The van der Waals surface area contributed by atoms with Gasteiger partial charge in [0.2, 0.25) is 0 Å². The molecule has 2 unspecified atom stereocenters. The van der Waals surface area contributed by atoms with Crippen molar-refractivity contribution in [2.45, 2.75) is 18.9 Å². The Hall–Kier alpha value is -1.06. The third-order valence-corrected chi connectivity index (χ3v) is 3.39. The SMILES string of the molecule is COc1ccc(C2CN(C)CC2N)cc1C. The highest BCUT2D eigenvalue weighted by atomic mass is 16.5. The summed E-state index contributed by atoms with van der Waals surface area (Å²) in [5.41, 5.74) is 8.66. The monoisotopic (exact) mass is 220 g/mol. The van der Waals surface area contributed by atoms with Crippen LogP contribution in [0.2, 0.25) is 0 Å². The summed E-state index contributed by atoms with van der Waals surface area (Å²) in [6.45, 7) is 4.11. The largest absolute Gasteiger partial charge is 0.496 e. The van der Waals surface area contributed by atoms with Crippen LogP contribution in [0.4, 0.5) is 0 Å². The van der Waals surface area contributed by atoms with Crippen molar-refractivity contribution in [2.24, 2.45) is 5.73 Å².